The van der Waals surface area contributed by atoms with Crippen LogP contribution in [0.25, 0.3) is 0 Å². The lowest BCUT2D eigenvalue weighted by molar-refractivity contribution is 0.748. The molecule has 0 atom stereocenters. The van der Waals surface area contributed by atoms with E-state index in [0.717, 1.165) is 23.3 Å². The minimum absolute atomic E-state index is 0.588. The van der Waals surface area contributed by atoms with Gasteiger partial charge in [-0.3, -0.25) is 0 Å². The van der Waals surface area contributed by atoms with Crippen LogP contribution in [0.2, 0.25) is 0 Å². The van der Waals surface area contributed by atoms with Crippen molar-refractivity contribution in [2.75, 3.05) is 29.3 Å². The highest BCUT2D eigenvalue weighted by molar-refractivity contribution is 9.10. The van der Waals surface area contributed by atoms with Gasteiger partial charge in [0.25, 0.3) is 0 Å². The molecule has 17 heavy (non-hydrogen) atoms. The van der Waals surface area contributed by atoms with E-state index in [1.807, 2.05) is 11.8 Å². The van der Waals surface area contributed by atoms with Gasteiger partial charge in [-0.15, -0.1) is 0 Å². The van der Waals surface area contributed by atoms with Crippen LogP contribution in [0.4, 0.5) is 11.6 Å². The van der Waals surface area contributed by atoms with Crippen molar-refractivity contribution in [2.24, 2.45) is 5.84 Å². The van der Waals surface area contributed by atoms with Crippen molar-refractivity contribution in [3.05, 3.63) is 10.8 Å². The zero-order valence-electron chi connectivity index (χ0n) is 9.87. The van der Waals surface area contributed by atoms with Crippen LogP contribution in [0.5, 0.6) is 0 Å². The van der Waals surface area contributed by atoms with Crippen LogP contribution in [0.1, 0.15) is 19.3 Å². The number of nitrogens with one attached hydrogen (secondary N) is 2. The van der Waals surface area contributed by atoms with Crippen molar-refractivity contribution in [1.29, 1.82) is 0 Å². The maximum Gasteiger partial charge on any atom is 0.159 e. The number of hydrazine groups is 1. The molecule has 1 rings (SSSR count). The molecule has 1 aromatic heterocycles. The van der Waals surface area contributed by atoms with Crippen molar-refractivity contribution >= 4 is 39.3 Å². The fraction of sp³-hybridized carbons (Fsp3) is 0.600. The second kappa shape index (κ2) is 8.54. The van der Waals surface area contributed by atoms with Gasteiger partial charge < -0.3 is 10.7 Å². The van der Waals surface area contributed by atoms with Gasteiger partial charge >= 0.3 is 0 Å². The predicted octanol–water partition coefficient (Wildman–Crippen LogP) is 2.47. The van der Waals surface area contributed by atoms with Gasteiger partial charge in [-0.25, -0.2) is 15.8 Å². The number of aromatic nitrogens is 2. The second-order valence-corrected chi connectivity index (χ2v) is 5.29. The molecule has 0 amide bonds. The lowest BCUT2D eigenvalue weighted by atomic mass is 10.2. The number of hydrogen-bond donors (Lipinski definition) is 3. The first-order valence-corrected chi connectivity index (χ1v) is 7.68. The molecule has 0 unspecified atom stereocenters. The Hall–Kier alpha value is -0.530. The summed E-state index contributed by atoms with van der Waals surface area (Å²) < 4.78 is 0.770. The standard InChI is InChI=1S/C10H18BrN5S/c1-17-6-4-2-3-5-13-9-8(11)10(16-12)15-7-14-9/h7H,2-6,12H2,1H3,(H2,13,14,15,16). The Morgan fingerprint density at radius 2 is 2.06 bits per heavy atom. The van der Waals surface area contributed by atoms with Crippen molar-refractivity contribution in [1.82, 2.24) is 9.97 Å². The number of nitrogens with zero attached hydrogens (tertiary/aromatic N) is 2. The van der Waals surface area contributed by atoms with Gasteiger partial charge in [-0.1, -0.05) is 6.42 Å². The quantitative estimate of drug-likeness (QED) is 0.388. The molecule has 0 bridgehead atoms. The minimum atomic E-state index is 0.588. The first-order chi connectivity index (χ1) is 8.29. The minimum Gasteiger partial charge on any atom is -0.369 e. The van der Waals surface area contributed by atoms with Gasteiger partial charge in [-0.05, 0) is 40.8 Å². The predicted molar refractivity (Wildman–Crippen MR) is 78.3 cm³/mol. The normalized spacial score (nSPS) is 10.3. The SMILES string of the molecule is CSCCCCCNc1ncnc(NN)c1Br. The van der Waals surface area contributed by atoms with Crippen LogP contribution in [0.3, 0.4) is 0 Å². The number of halogens is 1. The fourth-order valence-electron chi connectivity index (χ4n) is 1.35. The third-order valence-electron chi connectivity index (χ3n) is 2.24. The van der Waals surface area contributed by atoms with Crippen LogP contribution in [-0.4, -0.2) is 28.5 Å². The van der Waals surface area contributed by atoms with E-state index < -0.39 is 0 Å². The van der Waals surface area contributed by atoms with E-state index in [1.54, 1.807) is 0 Å². The van der Waals surface area contributed by atoms with Crippen LogP contribution in [0, 0.1) is 0 Å². The van der Waals surface area contributed by atoms with Crippen molar-refractivity contribution < 1.29 is 0 Å². The number of hydrogen-bond acceptors (Lipinski definition) is 6. The third kappa shape index (κ3) is 5.10. The smallest absolute Gasteiger partial charge is 0.159 e. The molecule has 0 aliphatic rings. The summed E-state index contributed by atoms with van der Waals surface area (Å²) in [6.45, 7) is 0.911. The van der Waals surface area contributed by atoms with Gasteiger partial charge in [0.1, 0.15) is 16.6 Å². The maximum atomic E-state index is 5.33. The average Bonchev–Trinajstić information content (AvgIpc) is 2.35. The molecule has 0 aromatic carbocycles. The topological polar surface area (TPSA) is 75.9 Å². The number of anilines is 2. The Balaban J connectivity index is 2.31. The summed E-state index contributed by atoms with van der Waals surface area (Å²) in [5, 5.41) is 3.26. The summed E-state index contributed by atoms with van der Waals surface area (Å²) >= 11 is 5.29. The van der Waals surface area contributed by atoms with Crippen molar-refractivity contribution in [2.45, 2.75) is 19.3 Å². The van der Waals surface area contributed by atoms with E-state index in [-0.39, 0.29) is 0 Å². The maximum absolute atomic E-state index is 5.33. The van der Waals surface area contributed by atoms with Crippen LogP contribution < -0.4 is 16.6 Å². The van der Waals surface area contributed by atoms with Gasteiger partial charge in [0.15, 0.2) is 5.82 Å². The summed E-state index contributed by atoms with van der Waals surface area (Å²) in [7, 11) is 0. The molecule has 0 saturated heterocycles. The van der Waals surface area contributed by atoms with Gasteiger partial charge in [-0.2, -0.15) is 11.8 Å². The Bertz CT molecular complexity index is 336. The lowest BCUT2D eigenvalue weighted by Gasteiger charge is -2.09. The molecule has 0 aliphatic carbocycles. The monoisotopic (exact) mass is 319 g/mol. The molecule has 96 valence electrons. The summed E-state index contributed by atoms with van der Waals surface area (Å²) in [5.74, 6) is 7.93. The second-order valence-electron chi connectivity index (χ2n) is 3.51. The Labute approximate surface area is 114 Å². The molecule has 5 nitrogen and oxygen atoms in total. The van der Waals surface area contributed by atoms with Gasteiger partial charge in [0.2, 0.25) is 0 Å². The van der Waals surface area contributed by atoms with E-state index >= 15 is 0 Å². The van der Waals surface area contributed by atoms with Crippen molar-refractivity contribution in [3.63, 3.8) is 0 Å². The summed E-state index contributed by atoms with van der Waals surface area (Å²) in [4.78, 5) is 8.14. The number of nitrogens with two attached hydrogens (primary N) is 1. The molecular formula is C10H18BrN5S. The first-order valence-electron chi connectivity index (χ1n) is 5.49. The number of thioether (sulfide) groups is 1. The van der Waals surface area contributed by atoms with E-state index in [4.69, 9.17) is 5.84 Å². The summed E-state index contributed by atoms with van der Waals surface area (Å²) in [6.07, 6.45) is 7.26. The highest BCUT2D eigenvalue weighted by atomic mass is 79.9. The third-order valence-corrected chi connectivity index (χ3v) is 3.69. The van der Waals surface area contributed by atoms with Crippen LogP contribution in [0.15, 0.2) is 10.8 Å². The molecule has 7 heteroatoms. The molecular weight excluding hydrogens is 302 g/mol. The number of nitrogen functional groups attached to an aromatic ring is 1. The zero-order chi connectivity index (χ0) is 12.5. The Morgan fingerprint density at radius 1 is 1.29 bits per heavy atom. The summed E-state index contributed by atoms with van der Waals surface area (Å²) in [5.41, 5.74) is 2.51. The molecule has 0 aliphatic heterocycles. The molecule has 4 N–H and O–H groups in total. The van der Waals surface area contributed by atoms with Crippen LogP contribution >= 0.6 is 27.7 Å². The highest BCUT2D eigenvalue weighted by Gasteiger charge is 2.06. The average molecular weight is 320 g/mol. The molecule has 0 radical (unpaired) electrons. The molecule has 1 aromatic rings. The number of unbranched alkanes of at least 4 members (excludes halogenated alkanes) is 2. The largest absolute Gasteiger partial charge is 0.369 e. The number of rotatable bonds is 8. The van der Waals surface area contributed by atoms with E-state index in [1.165, 1.54) is 24.9 Å². The molecule has 0 spiro atoms. The fourth-order valence-corrected chi connectivity index (χ4v) is 2.30. The Morgan fingerprint density at radius 3 is 2.76 bits per heavy atom. The Kier molecular flexibility index (Phi) is 7.30. The van der Waals surface area contributed by atoms with E-state index in [0.29, 0.717) is 5.82 Å². The van der Waals surface area contributed by atoms with E-state index in [9.17, 15) is 0 Å². The van der Waals surface area contributed by atoms with Gasteiger partial charge in [0.05, 0.1) is 0 Å². The van der Waals surface area contributed by atoms with Gasteiger partial charge in [0, 0.05) is 6.54 Å². The van der Waals surface area contributed by atoms with Crippen LogP contribution in [-0.2, 0) is 0 Å². The lowest BCUT2D eigenvalue weighted by Crippen LogP contribution is -2.11. The van der Waals surface area contributed by atoms with Crippen molar-refractivity contribution in [3.8, 4) is 0 Å². The summed E-state index contributed by atoms with van der Waals surface area (Å²) in [6, 6.07) is 0. The first kappa shape index (κ1) is 14.5. The van der Waals surface area contributed by atoms with E-state index in [2.05, 4.69) is 42.9 Å². The molecule has 0 saturated carbocycles. The molecule has 1 heterocycles. The highest BCUT2D eigenvalue weighted by Crippen LogP contribution is 2.25. The molecule has 0 fully saturated rings. The zero-order valence-corrected chi connectivity index (χ0v) is 12.3.